The highest BCUT2D eigenvalue weighted by Crippen LogP contribution is 2.29. The van der Waals surface area contributed by atoms with Crippen LogP contribution in [0.25, 0.3) is 0 Å². The van der Waals surface area contributed by atoms with Crippen molar-refractivity contribution in [2.45, 2.75) is 50.7 Å². The lowest BCUT2D eigenvalue weighted by molar-refractivity contribution is 0.107. The number of sulfonamides is 1. The monoisotopic (exact) mass is 462 g/mol. The van der Waals surface area contributed by atoms with Gasteiger partial charge in [-0.15, -0.1) is 0 Å². The summed E-state index contributed by atoms with van der Waals surface area (Å²) in [6, 6.07) is 5.35. The molecule has 1 aliphatic carbocycles. The average molecular weight is 463 g/mol. The van der Waals surface area contributed by atoms with Gasteiger partial charge in [-0.2, -0.15) is 9.29 Å². The molecule has 0 aromatic carbocycles. The van der Waals surface area contributed by atoms with Crippen LogP contribution in [0.2, 0.25) is 0 Å². The fraction of sp³-hybridized carbons (Fsp3) is 0.571. The van der Waals surface area contributed by atoms with Gasteiger partial charge in [0.25, 0.3) is 5.56 Å². The molecular formula is C21H30N6O4S. The highest BCUT2D eigenvalue weighted by atomic mass is 32.2. The molecule has 2 fully saturated rings. The van der Waals surface area contributed by atoms with E-state index in [0.29, 0.717) is 36.8 Å². The lowest BCUT2D eigenvalue weighted by atomic mass is 9.87. The quantitative estimate of drug-likeness (QED) is 0.487. The van der Waals surface area contributed by atoms with Crippen molar-refractivity contribution in [1.29, 1.82) is 0 Å². The molecule has 0 amide bonds. The molecule has 1 atom stereocenters. The van der Waals surface area contributed by atoms with Crippen molar-refractivity contribution in [2.75, 3.05) is 29.5 Å². The van der Waals surface area contributed by atoms with Gasteiger partial charge in [0.05, 0.1) is 11.9 Å². The Bertz CT molecular complexity index is 1070. The van der Waals surface area contributed by atoms with Gasteiger partial charge < -0.3 is 20.7 Å². The van der Waals surface area contributed by atoms with Crippen LogP contribution >= 0.6 is 0 Å². The molecule has 3 heterocycles. The average Bonchev–Trinajstić information content (AvgIpc) is 2.77. The molecule has 4 rings (SSSR count). The molecule has 2 aromatic rings. The molecule has 1 unspecified atom stereocenters. The van der Waals surface area contributed by atoms with E-state index in [1.54, 1.807) is 30.6 Å². The van der Waals surface area contributed by atoms with Gasteiger partial charge in [0.15, 0.2) is 0 Å². The normalized spacial score (nSPS) is 24.7. The first-order chi connectivity index (χ1) is 15.4. The molecule has 1 aliphatic heterocycles. The number of aliphatic hydroxyl groups is 1. The van der Waals surface area contributed by atoms with E-state index in [1.807, 2.05) is 0 Å². The number of piperidine rings is 1. The van der Waals surface area contributed by atoms with Gasteiger partial charge in [0.2, 0.25) is 16.0 Å². The van der Waals surface area contributed by atoms with Crippen molar-refractivity contribution in [3.05, 3.63) is 40.9 Å². The number of aromatic amines is 1. The van der Waals surface area contributed by atoms with Crippen molar-refractivity contribution in [2.24, 2.45) is 5.92 Å². The van der Waals surface area contributed by atoms with E-state index in [1.165, 1.54) is 4.31 Å². The summed E-state index contributed by atoms with van der Waals surface area (Å²) in [6.45, 7) is 0.730. The van der Waals surface area contributed by atoms with Crippen LogP contribution < -0.4 is 16.2 Å². The van der Waals surface area contributed by atoms with Gasteiger partial charge in [-0.25, -0.2) is 13.4 Å². The first-order valence-corrected chi connectivity index (χ1v) is 12.7. The van der Waals surface area contributed by atoms with Crippen LogP contribution in [-0.4, -0.2) is 63.8 Å². The van der Waals surface area contributed by atoms with Crippen LogP contribution in [0.5, 0.6) is 0 Å². The minimum Gasteiger partial charge on any atom is -0.392 e. The van der Waals surface area contributed by atoms with E-state index in [2.05, 4.69) is 25.6 Å². The van der Waals surface area contributed by atoms with E-state index < -0.39 is 16.1 Å². The molecule has 0 spiro atoms. The molecule has 32 heavy (non-hydrogen) atoms. The highest BCUT2D eigenvalue weighted by molar-refractivity contribution is 7.89. The number of H-pyrrole nitrogens is 1. The molecular weight excluding hydrogens is 432 g/mol. The minimum atomic E-state index is -3.34. The van der Waals surface area contributed by atoms with Crippen LogP contribution in [0.4, 0.5) is 17.5 Å². The smallest absolute Gasteiger partial charge is 0.271 e. The standard InChI is InChI=1S/C21H30N6O4S/c28-17-3-2-12-27(13-17)32(30,31)14-15-5-7-16(8-6-15)24-19-9-11-23-21(26-19)25-18-4-1-10-22-20(18)29/h1,4,9-11,15-17,28H,2-3,5-8,12-14H2,(H,22,29)(H2,23,24,25,26). The Kier molecular flexibility index (Phi) is 7.07. The van der Waals surface area contributed by atoms with Crippen molar-refractivity contribution >= 4 is 27.5 Å². The first kappa shape index (κ1) is 22.7. The number of nitrogens with one attached hydrogen (secondary N) is 3. The summed E-state index contributed by atoms with van der Waals surface area (Å²) >= 11 is 0. The van der Waals surface area contributed by atoms with Gasteiger partial charge in [-0.05, 0) is 62.6 Å². The Morgan fingerprint density at radius 2 is 2.00 bits per heavy atom. The first-order valence-electron chi connectivity index (χ1n) is 11.1. The predicted molar refractivity (Wildman–Crippen MR) is 122 cm³/mol. The Morgan fingerprint density at radius 1 is 1.19 bits per heavy atom. The fourth-order valence-electron chi connectivity index (χ4n) is 4.40. The topological polar surface area (TPSA) is 140 Å². The van der Waals surface area contributed by atoms with E-state index >= 15 is 0 Å². The number of hydrogen-bond donors (Lipinski definition) is 4. The summed E-state index contributed by atoms with van der Waals surface area (Å²) in [5.74, 6) is 1.27. The Morgan fingerprint density at radius 3 is 2.75 bits per heavy atom. The second-order valence-corrected chi connectivity index (χ2v) is 10.6. The Hall–Kier alpha value is -2.50. The van der Waals surface area contributed by atoms with E-state index in [-0.39, 0.29) is 29.8 Å². The van der Waals surface area contributed by atoms with Crippen LogP contribution in [-0.2, 0) is 10.0 Å². The van der Waals surface area contributed by atoms with Crippen molar-refractivity contribution in [1.82, 2.24) is 19.3 Å². The second kappa shape index (κ2) is 9.97. The molecule has 0 bridgehead atoms. The molecule has 2 aromatic heterocycles. The summed E-state index contributed by atoms with van der Waals surface area (Å²) in [7, 11) is -3.34. The predicted octanol–water partition coefficient (Wildman–Crippen LogP) is 1.67. The van der Waals surface area contributed by atoms with Gasteiger partial charge in [-0.3, -0.25) is 4.79 Å². The zero-order valence-electron chi connectivity index (χ0n) is 17.9. The van der Waals surface area contributed by atoms with Crippen LogP contribution in [0, 0.1) is 5.92 Å². The third-order valence-corrected chi connectivity index (χ3v) is 8.13. The second-order valence-electron chi connectivity index (χ2n) is 8.60. The lowest BCUT2D eigenvalue weighted by Crippen LogP contribution is -2.44. The number of nitrogens with zero attached hydrogens (tertiary/aromatic N) is 3. The zero-order valence-corrected chi connectivity index (χ0v) is 18.7. The maximum Gasteiger partial charge on any atom is 0.271 e. The third-order valence-electron chi connectivity index (χ3n) is 6.12. The number of aromatic nitrogens is 3. The highest BCUT2D eigenvalue weighted by Gasteiger charge is 2.32. The van der Waals surface area contributed by atoms with Crippen LogP contribution in [0.3, 0.4) is 0 Å². The zero-order chi connectivity index (χ0) is 22.6. The number of β-amino-alcohol motifs (C(OH)–C–C–N with tert-alkyl or cyclic N) is 1. The number of anilines is 3. The van der Waals surface area contributed by atoms with Gasteiger partial charge in [-0.1, -0.05) is 0 Å². The Labute approximate surface area is 187 Å². The molecule has 1 saturated heterocycles. The summed E-state index contributed by atoms with van der Waals surface area (Å²) in [5.41, 5.74) is 0.120. The SMILES string of the molecule is O=c1[nH]cccc1Nc1nccc(NC2CCC(CS(=O)(=O)N3CCCC(O)C3)CC2)n1. The largest absolute Gasteiger partial charge is 0.392 e. The lowest BCUT2D eigenvalue weighted by Gasteiger charge is -2.33. The maximum atomic E-state index is 12.7. The molecule has 174 valence electrons. The van der Waals surface area contributed by atoms with Crippen molar-refractivity contribution < 1.29 is 13.5 Å². The molecule has 10 nitrogen and oxygen atoms in total. The van der Waals surface area contributed by atoms with E-state index in [0.717, 1.165) is 25.7 Å². The van der Waals surface area contributed by atoms with Crippen molar-refractivity contribution in [3.8, 4) is 0 Å². The molecule has 11 heteroatoms. The molecule has 2 aliphatic rings. The van der Waals surface area contributed by atoms with Gasteiger partial charge in [0.1, 0.15) is 11.5 Å². The van der Waals surface area contributed by atoms with Crippen molar-refractivity contribution in [3.63, 3.8) is 0 Å². The molecule has 1 saturated carbocycles. The summed E-state index contributed by atoms with van der Waals surface area (Å²) < 4.78 is 26.9. The van der Waals surface area contributed by atoms with Gasteiger partial charge in [0, 0.05) is 31.5 Å². The van der Waals surface area contributed by atoms with E-state index in [4.69, 9.17) is 0 Å². The summed E-state index contributed by atoms with van der Waals surface area (Å²) in [4.78, 5) is 23.0. The maximum absolute atomic E-state index is 12.7. The molecule has 0 radical (unpaired) electrons. The van der Waals surface area contributed by atoms with Crippen LogP contribution in [0.1, 0.15) is 38.5 Å². The van der Waals surface area contributed by atoms with Crippen LogP contribution in [0.15, 0.2) is 35.4 Å². The Balaban J connectivity index is 1.29. The number of rotatable bonds is 7. The fourth-order valence-corrected chi connectivity index (χ4v) is 6.35. The number of aliphatic hydroxyl groups excluding tert-OH is 1. The molecule has 4 N–H and O–H groups in total. The summed E-state index contributed by atoms with van der Waals surface area (Å²) in [5, 5.41) is 16.1. The number of pyridine rings is 1. The number of hydrogen-bond acceptors (Lipinski definition) is 8. The summed E-state index contributed by atoms with van der Waals surface area (Å²) in [6.07, 6.45) is 7.37. The van der Waals surface area contributed by atoms with Gasteiger partial charge >= 0.3 is 0 Å². The van der Waals surface area contributed by atoms with E-state index in [9.17, 15) is 18.3 Å². The third kappa shape index (κ3) is 5.84. The minimum absolute atomic E-state index is 0.129.